The van der Waals surface area contributed by atoms with E-state index < -0.39 is 0 Å². The van der Waals surface area contributed by atoms with Gasteiger partial charge in [0.2, 0.25) is 5.91 Å². The van der Waals surface area contributed by atoms with Gasteiger partial charge in [0, 0.05) is 44.9 Å². The van der Waals surface area contributed by atoms with Gasteiger partial charge >= 0.3 is 0 Å². The zero-order chi connectivity index (χ0) is 18.7. The average Bonchev–Trinajstić information content (AvgIpc) is 2.61. The SMILES string of the molecule is CC(=O)N1CCN(c2cc(Nc3ccc(C(C)C)cc3)nc(C)n2)CC1. The lowest BCUT2D eigenvalue weighted by Crippen LogP contribution is -2.48. The topological polar surface area (TPSA) is 61.4 Å². The van der Waals surface area contributed by atoms with Gasteiger partial charge in [-0.15, -0.1) is 0 Å². The predicted octanol–water partition coefficient (Wildman–Crippen LogP) is 3.32. The molecule has 3 rings (SSSR count). The predicted molar refractivity (Wildman–Crippen MR) is 105 cm³/mol. The molecule has 1 aromatic heterocycles. The van der Waals surface area contributed by atoms with Crippen LogP contribution in [0.3, 0.4) is 0 Å². The fourth-order valence-corrected chi connectivity index (χ4v) is 3.13. The Balaban J connectivity index is 1.72. The van der Waals surface area contributed by atoms with Gasteiger partial charge < -0.3 is 15.1 Å². The molecule has 0 atom stereocenters. The number of aryl methyl sites for hydroxylation is 1. The van der Waals surface area contributed by atoms with Crippen molar-refractivity contribution in [3.63, 3.8) is 0 Å². The molecule has 26 heavy (non-hydrogen) atoms. The van der Waals surface area contributed by atoms with Crippen LogP contribution in [-0.2, 0) is 4.79 Å². The van der Waals surface area contributed by atoms with Crippen LogP contribution >= 0.6 is 0 Å². The molecule has 1 aromatic carbocycles. The van der Waals surface area contributed by atoms with Crippen LogP contribution in [0.4, 0.5) is 17.3 Å². The number of amides is 1. The molecule has 1 aliphatic rings. The molecule has 0 bridgehead atoms. The van der Waals surface area contributed by atoms with Crippen LogP contribution in [-0.4, -0.2) is 47.0 Å². The highest BCUT2D eigenvalue weighted by atomic mass is 16.2. The van der Waals surface area contributed by atoms with E-state index in [-0.39, 0.29) is 5.91 Å². The number of hydrogen-bond donors (Lipinski definition) is 1. The molecule has 6 nitrogen and oxygen atoms in total. The Morgan fingerprint density at radius 2 is 1.73 bits per heavy atom. The lowest BCUT2D eigenvalue weighted by molar-refractivity contribution is -0.129. The van der Waals surface area contributed by atoms with Gasteiger partial charge in [0.15, 0.2) is 0 Å². The molecule has 2 aromatic rings. The van der Waals surface area contributed by atoms with Crippen LogP contribution in [0.25, 0.3) is 0 Å². The molecule has 1 fully saturated rings. The van der Waals surface area contributed by atoms with Gasteiger partial charge in [-0.25, -0.2) is 9.97 Å². The Morgan fingerprint density at radius 1 is 1.08 bits per heavy atom. The standard InChI is InChI=1S/C20H27N5O/c1-14(2)17-5-7-18(8-6-17)23-19-13-20(22-15(3)21-19)25-11-9-24(10-12-25)16(4)26/h5-8,13-14H,9-12H2,1-4H3,(H,21,22,23). The number of nitrogens with zero attached hydrogens (tertiary/aromatic N) is 4. The Morgan fingerprint density at radius 3 is 2.31 bits per heavy atom. The summed E-state index contributed by atoms with van der Waals surface area (Å²) in [5.74, 6) is 3.08. The van der Waals surface area contributed by atoms with Crippen molar-refractivity contribution in [1.82, 2.24) is 14.9 Å². The Kier molecular flexibility index (Phi) is 5.40. The minimum Gasteiger partial charge on any atom is -0.353 e. The highest BCUT2D eigenvalue weighted by Gasteiger charge is 2.20. The number of anilines is 3. The summed E-state index contributed by atoms with van der Waals surface area (Å²) >= 11 is 0. The second kappa shape index (κ2) is 7.72. The van der Waals surface area contributed by atoms with Gasteiger partial charge in [-0.2, -0.15) is 0 Å². The second-order valence-corrected chi connectivity index (χ2v) is 7.05. The van der Waals surface area contributed by atoms with Gasteiger partial charge in [-0.3, -0.25) is 4.79 Å². The summed E-state index contributed by atoms with van der Waals surface area (Å²) in [6.45, 7) is 11.0. The fourth-order valence-electron chi connectivity index (χ4n) is 3.13. The molecule has 6 heteroatoms. The maximum absolute atomic E-state index is 11.5. The lowest BCUT2D eigenvalue weighted by atomic mass is 10.0. The van der Waals surface area contributed by atoms with Crippen molar-refractivity contribution >= 4 is 23.2 Å². The fraction of sp³-hybridized carbons (Fsp3) is 0.450. The van der Waals surface area contributed by atoms with Crippen LogP contribution in [0.1, 0.15) is 38.1 Å². The Labute approximate surface area is 155 Å². The monoisotopic (exact) mass is 353 g/mol. The number of aromatic nitrogens is 2. The first-order chi connectivity index (χ1) is 12.4. The van der Waals surface area contributed by atoms with Crippen LogP contribution in [0, 0.1) is 6.92 Å². The molecular formula is C20H27N5O. The van der Waals surface area contributed by atoms with E-state index in [2.05, 4.69) is 58.3 Å². The molecule has 2 heterocycles. The summed E-state index contributed by atoms with van der Waals surface area (Å²) in [6, 6.07) is 10.4. The molecular weight excluding hydrogens is 326 g/mol. The number of hydrogen-bond acceptors (Lipinski definition) is 5. The van der Waals surface area contributed by atoms with E-state index in [4.69, 9.17) is 0 Å². The van der Waals surface area contributed by atoms with Crippen LogP contribution in [0.5, 0.6) is 0 Å². The molecule has 0 saturated carbocycles. The minimum absolute atomic E-state index is 0.135. The van der Waals surface area contributed by atoms with Crippen molar-refractivity contribution in [3.05, 3.63) is 41.7 Å². The molecule has 0 radical (unpaired) electrons. The van der Waals surface area contributed by atoms with Gasteiger partial charge in [0.1, 0.15) is 17.5 Å². The maximum Gasteiger partial charge on any atom is 0.219 e. The third kappa shape index (κ3) is 4.31. The third-order valence-electron chi connectivity index (χ3n) is 4.72. The van der Waals surface area contributed by atoms with E-state index in [0.29, 0.717) is 5.92 Å². The number of carbonyl (C=O) groups is 1. The molecule has 1 amide bonds. The van der Waals surface area contributed by atoms with E-state index in [1.807, 2.05) is 17.9 Å². The summed E-state index contributed by atoms with van der Waals surface area (Å²) in [6.07, 6.45) is 0. The van der Waals surface area contributed by atoms with Gasteiger partial charge in [0.25, 0.3) is 0 Å². The first kappa shape index (κ1) is 18.2. The quantitative estimate of drug-likeness (QED) is 0.914. The molecule has 0 aliphatic carbocycles. The second-order valence-electron chi connectivity index (χ2n) is 7.05. The van der Waals surface area contributed by atoms with Crippen LogP contribution in [0.2, 0.25) is 0 Å². The summed E-state index contributed by atoms with van der Waals surface area (Å²) < 4.78 is 0. The van der Waals surface area contributed by atoms with Crippen LogP contribution in [0.15, 0.2) is 30.3 Å². The Bertz CT molecular complexity index is 764. The van der Waals surface area contributed by atoms with Gasteiger partial charge in [-0.1, -0.05) is 26.0 Å². The van der Waals surface area contributed by atoms with E-state index in [9.17, 15) is 4.79 Å². The van der Waals surface area contributed by atoms with E-state index in [0.717, 1.165) is 49.3 Å². The number of piperazine rings is 1. The summed E-state index contributed by atoms with van der Waals surface area (Å²) in [4.78, 5) is 24.7. The van der Waals surface area contributed by atoms with Crippen molar-refractivity contribution in [2.75, 3.05) is 36.4 Å². The molecule has 1 aliphatic heterocycles. The van der Waals surface area contributed by atoms with Crippen molar-refractivity contribution < 1.29 is 4.79 Å². The lowest BCUT2D eigenvalue weighted by Gasteiger charge is -2.35. The Hall–Kier alpha value is -2.63. The molecule has 0 spiro atoms. The number of nitrogens with one attached hydrogen (secondary N) is 1. The number of rotatable bonds is 4. The van der Waals surface area contributed by atoms with Crippen molar-refractivity contribution in [2.45, 2.75) is 33.6 Å². The highest BCUT2D eigenvalue weighted by molar-refractivity contribution is 5.73. The van der Waals surface area contributed by atoms with E-state index >= 15 is 0 Å². The molecule has 1 N–H and O–H groups in total. The third-order valence-corrected chi connectivity index (χ3v) is 4.72. The molecule has 138 valence electrons. The van der Waals surface area contributed by atoms with Crippen molar-refractivity contribution in [2.24, 2.45) is 0 Å². The first-order valence-corrected chi connectivity index (χ1v) is 9.15. The smallest absolute Gasteiger partial charge is 0.219 e. The maximum atomic E-state index is 11.5. The van der Waals surface area contributed by atoms with Crippen molar-refractivity contribution in [3.8, 4) is 0 Å². The number of benzene rings is 1. The zero-order valence-electron chi connectivity index (χ0n) is 16.0. The first-order valence-electron chi connectivity index (χ1n) is 9.15. The molecule has 0 unspecified atom stereocenters. The van der Waals surface area contributed by atoms with E-state index in [1.165, 1.54) is 5.56 Å². The summed E-state index contributed by atoms with van der Waals surface area (Å²) in [5, 5.41) is 3.38. The summed E-state index contributed by atoms with van der Waals surface area (Å²) in [5.41, 5.74) is 2.33. The largest absolute Gasteiger partial charge is 0.353 e. The van der Waals surface area contributed by atoms with E-state index in [1.54, 1.807) is 6.92 Å². The van der Waals surface area contributed by atoms with Gasteiger partial charge in [-0.05, 0) is 30.5 Å². The number of carbonyl (C=O) groups excluding carboxylic acids is 1. The van der Waals surface area contributed by atoms with Crippen molar-refractivity contribution in [1.29, 1.82) is 0 Å². The molecule has 1 saturated heterocycles. The normalized spacial score (nSPS) is 14.7. The zero-order valence-corrected chi connectivity index (χ0v) is 16.0. The minimum atomic E-state index is 0.135. The average molecular weight is 353 g/mol. The van der Waals surface area contributed by atoms with Crippen LogP contribution < -0.4 is 10.2 Å². The summed E-state index contributed by atoms with van der Waals surface area (Å²) in [7, 11) is 0. The van der Waals surface area contributed by atoms with Gasteiger partial charge in [0.05, 0.1) is 0 Å². The highest BCUT2D eigenvalue weighted by Crippen LogP contribution is 2.23.